The van der Waals surface area contributed by atoms with Crippen molar-refractivity contribution in [2.45, 2.75) is 37.8 Å². The Balaban J connectivity index is 1.44. The van der Waals surface area contributed by atoms with Gasteiger partial charge in [-0.25, -0.2) is 8.78 Å². The van der Waals surface area contributed by atoms with Crippen LogP contribution < -0.4 is 15.8 Å². The zero-order valence-electron chi connectivity index (χ0n) is 19.0. The molecule has 0 unspecified atom stereocenters. The van der Waals surface area contributed by atoms with Crippen molar-refractivity contribution in [3.05, 3.63) is 48.0 Å². The number of carbonyl (C=O) groups excluding carboxylic acids is 2. The highest BCUT2D eigenvalue weighted by molar-refractivity contribution is 5.95. The molecule has 2 aliphatic rings. The molecule has 2 fully saturated rings. The molecule has 0 bridgehead atoms. The van der Waals surface area contributed by atoms with Crippen LogP contribution in [0.25, 0.3) is 11.1 Å². The average molecular weight is 474 g/mol. The van der Waals surface area contributed by atoms with E-state index in [4.69, 9.17) is 15.2 Å². The number of nitrogens with one attached hydrogen (secondary N) is 1. The summed E-state index contributed by atoms with van der Waals surface area (Å²) in [5, 5.41) is 2.76. The van der Waals surface area contributed by atoms with Crippen LogP contribution in [0.1, 0.15) is 18.4 Å². The van der Waals surface area contributed by atoms with Gasteiger partial charge in [-0.1, -0.05) is 18.2 Å². The second-order valence-corrected chi connectivity index (χ2v) is 8.69. The first kappa shape index (κ1) is 24.1. The molecule has 0 radical (unpaired) electrons. The lowest BCUT2D eigenvalue weighted by Gasteiger charge is -2.35. The summed E-state index contributed by atoms with van der Waals surface area (Å²) < 4.78 is 38.7. The highest BCUT2D eigenvalue weighted by Gasteiger charge is 2.43. The highest BCUT2D eigenvalue weighted by Crippen LogP contribution is 2.35. The van der Waals surface area contributed by atoms with Crippen LogP contribution in [0.5, 0.6) is 5.75 Å². The third-order valence-corrected chi connectivity index (χ3v) is 6.17. The van der Waals surface area contributed by atoms with Crippen molar-refractivity contribution in [1.82, 2.24) is 4.90 Å². The molecule has 7 nitrogen and oxygen atoms in total. The number of alkyl halides is 2. The van der Waals surface area contributed by atoms with Gasteiger partial charge in [0, 0.05) is 37.9 Å². The molecule has 34 heavy (non-hydrogen) atoms. The Morgan fingerprint density at radius 3 is 2.59 bits per heavy atom. The van der Waals surface area contributed by atoms with Crippen molar-refractivity contribution in [3.8, 4) is 16.9 Å². The second kappa shape index (κ2) is 10.5. The number of amides is 2. The molecule has 1 saturated carbocycles. The number of benzene rings is 2. The van der Waals surface area contributed by atoms with Gasteiger partial charge in [-0.05, 0) is 41.8 Å². The topological polar surface area (TPSA) is 93.9 Å². The SMILES string of the molecule is COCC(=O)N1CC[C@H](Oc2ccc(-c3cccc(NC(=O)[C@H]4C[C@@H]4F)c3)cc2CN)[C@H](F)C1. The van der Waals surface area contributed by atoms with Crippen LogP contribution >= 0.6 is 0 Å². The number of ether oxygens (including phenoxy) is 2. The Morgan fingerprint density at radius 1 is 1.15 bits per heavy atom. The fraction of sp³-hybridized carbons (Fsp3) is 0.440. The van der Waals surface area contributed by atoms with Gasteiger partial charge in [0.05, 0.1) is 12.5 Å². The summed E-state index contributed by atoms with van der Waals surface area (Å²) in [6, 6.07) is 12.7. The van der Waals surface area contributed by atoms with Gasteiger partial charge in [-0.2, -0.15) is 0 Å². The molecule has 3 N–H and O–H groups in total. The van der Waals surface area contributed by atoms with E-state index in [0.717, 1.165) is 16.7 Å². The van der Waals surface area contributed by atoms with E-state index >= 15 is 0 Å². The lowest BCUT2D eigenvalue weighted by Crippen LogP contribution is -2.50. The molecule has 1 heterocycles. The number of carbonyl (C=O) groups is 2. The normalized spacial score (nSPS) is 23.9. The van der Waals surface area contributed by atoms with E-state index in [1.807, 2.05) is 30.3 Å². The molecular weight excluding hydrogens is 444 g/mol. The molecule has 1 saturated heterocycles. The van der Waals surface area contributed by atoms with Crippen LogP contribution in [0.3, 0.4) is 0 Å². The van der Waals surface area contributed by atoms with E-state index in [1.165, 1.54) is 12.0 Å². The third kappa shape index (κ3) is 5.53. The molecule has 182 valence electrons. The first-order valence-corrected chi connectivity index (χ1v) is 11.4. The predicted molar refractivity (Wildman–Crippen MR) is 124 cm³/mol. The fourth-order valence-corrected chi connectivity index (χ4v) is 4.10. The number of methoxy groups -OCH3 is 1. The van der Waals surface area contributed by atoms with Gasteiger partial charge in [0.1, 0.15) is 24.6 Å². The third-order valence-electron chi connectivity index (χ3n) is 6.17. The van der Waals surface area contributed by atoms with Crippen LogP contribution in [0.15, 0.2) is 42.5 Å². The molecule has 2 aromatic rings. The first-order chi connectivity index (χ1) is 16.4. The van der Waals surface area contributed by atoms with Gasteiger partial charge in [0.15, 0.2) is 6.17 Å². The number of anilines is 1. The van der Waals surface area contributed by atoms with Gasteiger partial charge in [0.2, 0.25) is 11.8 Å². The fourth-order valence-electron chi connectivity index (χ4n) is 4.10. The Hall–Kier alpha value is -3.04. The molecule has 1 aliphatic heterocycles. The zero-order chi connectivity index (χ0) is 24.2. The van der Waals surface area contributed by atoms with Crippen molar-refractivity contribution >= 4 is 17.5 Å². The van der Waals surface area contributed by atoms with Crippen LogP contribution in [0, 0.1) is 5.92 Å². The summed E-state index contributed by atoms with van der Waals surface area (Å²) in [5.74, 6) is -0.613. The van der Waals surface area contributed by atoms with Crippen LogP contribution in [-0.2, 0) is 20.9 Å². The molecule has 2 amide bonds. The second-order valence-electron chi connectivity index (χ2n) is 8.69. The van der Waals surface area contributed by atoms with Crippen molar-refractivity contribution in [1.29, 1.82) is 0 Å². The van der Waals surface area contributed by atoms with Crippen molar-refractivity contribution < 1.29 is 27.8 Å². The van der Waals surface area contributed by atoms with Crippen LogP contribution in [0.2, 0.25) is 0 Å². The summed E-state index contributed by atoms with van der Waals surface area (Å²) in [6.45, 7) is 0.484. The van der Waals surface area contributed by atoms with E-state index in [1.54, 1.807) is 12.1 Å². The summed E-state index contributed by atoms with van der Waals surface area (Å²) >= 11 is 0. The minimum Gasteiger partial charge on any atom is -0.487 e. The van der Waals surface area contributed by atoms with E-state index in [-0.39, 0.29) is 37.9 Å². The molecular formula is C25H29F2N3O4. The number of nitrogens with zero attached hydrogens (tertiary/aromatic N) is 1. The van der Waals surface area contributed by atoms with Crippen LogP contribution in [-0.4, -0.2) is 62.0 Å². The summed E-state index contributed by atoms with van der Waals surface area (Å²) in [5.41, 5.74) is 8.96. The number of likely N-dealkylation sites (tertiary alicyclic amines) is 1. The zero-order valence-corrected chi connectivity index (χ0v) is 19.0. The Bertz CT molecular complexity index is 1050. The van der Waals surface area contributed by atoms with Crippen molar-refractivity contribution in [2.75, 3.05) is 32.1 Å². The largest absolute Gasteiger partial charge is 0.487 e. The Morgan fingerprint density at radius 2 is 1.91 bits per heavy atom. The number of hydrogen-bond donors (Lipinski definition) is 2. The van der Waals surface area contributed by atoms with Crippen molar-refractivity contribution in [2.24, 2.45) is 11.7 Å². The van der Waals surface area contributed by atoms with E-state index < -0.39 is 24.4 Å². The first-order valence-electron chi connectivity index (χ1n) is 11.4. The number of piperidine rings is 1. The standard InChI is InChI=1S/C25H29F2N3O4/c1-33-14-24(31)30-8-7-23(21(27)13-30)34-22-6-5-16(9-17(22)12-28)15-3-2-4-18(10-15)29-25(32)19-11-20(19)26/h2-6,9-10,19-21,23H,7-8,11-14,28H2,1H3,(H,29,32)/t19-,20-,21+,23-/m0/s1. The minimum atomic E-state index is -1.32. The maximum absolute atomic E-state index is 14.7. The molecule has 2 aromatic carbocycles. The van der Waals surface area contributed by atoms with Gasteiger partial charge in [-0.3, -0.25) is 9.59 Å². The summed E-state index contributed by atoms with van der Waals surface area (Å²) in [4.78, 5) is 25.4. The van der Waals surface area contributed by atoms with E-state index in [9.17, 15) is 18.4 Å². The lowest BCUT2D eigenvalue weighted by molar-refractivity contribution is -0.139. The van der Waals surface area contributed by atoms with Gasteiger partial charge < -0.3 is 25.4 Å². The van der Waals surface area contributed by atoms with Gasteiger partial charge >= 0.3 is 0 Å². The smallest absolute Gasteiger partial charge is 0.248 e. The minimum absolute atomic E-state index is 0.0363. The molecule has 4 rings (SSSR count). The van der Waals surface area contributed by atoms with Gasteiger partial charge in [-0.15, -0.1) is 0 Å². The molecule has 9 heteroatoms. The monoisotopic (exact) mass is 473 g/mol. The number of nitrogens with two attached hydrogens (primary N) is 1. The van der Waals surface area contributed by atoms with E-state index in [2.05, 4.69) is 5.32 Å². The average Bonchev–Trinajstić information content (AvgIpc) is 3.57. The summed E-state index contributed by atoms with van der Waals surface area (Å²) in [7, 11) is 1.43. The molecule has 0 aromatic heterocycles. The van der Waals surface area contributed by atoms with E-state index in [0.29, 0.717) is 24.4 Å². The number of hydrogen-bond acceptors (Lipinski definition) is 5. The summed E-state index contributed by atoms with van der Waals surface area (Å²) in [6.07, 6.45) is -2.41. The number of rotatable bonds is 8. The maximum atomic E-state index is 14.7. The lowest BCUT2D eigenvalue weighted by atomic mass is 10.0. The van der Waals surface area contributed by atoms with Crippen LogP contribution in [0.4, 0.5) is 14.5 Å². The quantitative estimate of drug-likeness (QED) is 0.615. The molecule has 0 spiro atoms. The highest BCUT2D eigenvalue weighted by atomic mass is 19.1. The maximum Gasteiger partial charge on any atom is 0.248 e. The molecule has 4 atom stereocenters. The number of halogens is 2. The predicted octanol–water partition coefficient (Wildman–Crippen LogP) is 3.07. The van der Waals surface area contributed by atoms with Crippen molar-refractivity contribution in [3.63, 3.8) is 0 Å². The Kier molecular flexibility index (Phi) is 7.43. The van der Waals surface area contributed by atoms with Gasteiger partial charge in [0.25, 0.3) is 0 Å². The Labute approximate surface area is 197 Å². The molecule has 1 aliphatic carbocycles.